The Bertz CT molecular complexity index is 475. The molecule has 0 saturated carbocycles. The minimum atomic E-state index is -1.11. The van der Waals surface area contributed by atoms with E-state index in [1.165, 1.54) is 6.07 Å². The zero-order chi connectivity index (χ0) is 13.9. The minimum Gasteiger partial charge on any atom is -0.475 e. The van der Waals surface area contributed by atoms with Gasteiger partial charge in [0.1, 0.15) is 5.76 Å². The van der Waals surface area contributed by atoms with Crippen molar-refractivity contribution in [3.8, 4) is 0 Å². The molecule has 1 aromatic rings. The van der Waals surface area contributed by atoms with Gasteiger partial charge in [0, 0.05) is 0 Å². The van der Waals surface area contributed by atoms with Crippen molar-refractivity contribution in [3.05, 3.63) is 23.7 Å². The summed E-state index contributed by atoms with van der Waals surface area (Å²) in [4.78, 5) is 22.8. The van der Waals surface area contributed by atoms with Crippen LogP contribution in [0, 0.1) is 0 Å². The smallest absolute Gasteiger partial charge is 0.371 e. The first-order valence-corrected chi connectivity index (χ1v) is 6.37. The van der Waals surface area contributed by atoms with Gasteiger partial charge in [0.2, 0.25) is 11.7 Å². The number of hydrogen-bond donors (Lipinski definition) is 3. The van der Waals surface area contributed by atoms with E-state index in [-0.39, 0.29) is 18.2 Å². The summed E-state index contributed by atoms with van der Waals surface area (Å²) < 4.78 is 5.08. The van der Waals surface area contributed by atoms with Crippen LogP contribution < -0.4 is 10.6 Å². The lowest BCUT2D eigenvalue weighted by atomic mass is 9.90. The van der Waals surface area contributed by atoms with E-state index in [1.54, 1.807) is 6.07 Å². The normalized spacial score (nSPS) is 23.0. The van der Waals surface area contributed by atoms with Crippen LogP contribution in [0.1, 0.15) is 42.5 Å². The van der Waals surface area contributed by atoms with Gasteiger partial charge in [-0.1, -0.05) is 0 Å². The second-order valence-electron chi connectivity index (χ2n) is 4.97. The molecular formula is C13H18N2O4. The number of amides is 1. The Morgan fingerprint density at radius 1 is 1.47 bits per heavy atom. The molecule has 0 aromatic carbocycles. The number of furan rings is 1. The van der Waals surface area contributed by atoms with Gasteiger partial charge in [-0.2, -0.15) is 0 Å². The van der Waals surface area contributed by atoms with Gasteiger partial charge in [-0.15, -0.1) is 0 Å². The Labute approximate surface area is 111 Å². The van der Waals surface area contributed by atoms with Gasteiger partial charge in [-0.3, -0.25) is 4.79 Å². The number of rotatable bonds is 4. The van der Waals surface area contributed by atoms with Crippen molar-refractivity contribution >= 4 is 11.9 Å². The average Bonchev–Trinajstić information content (AvgIpc) is 2.85. The van der Waals surface area contributed by atoms with E-state index in [2.05, 4.69) is 10.6 Å². The molecule has 3 N–H and O–H groups in total. The fourth-order valence-electron chi connectivity index (χ4n) is 2.20. The molecule has 1 aliphatic heterocycles. The molecule has 2 rings (SSSR count). The summed E-state index contributed by atoms with van der Waals surface area (Å²) in [6.07, 6.45) is 2.92. The van der Waals surface area contributed by atoms with Crippen molar-refractivity contribution in [2.24, 2.45) is 0 Å². The maximum absolute atomic E-state index is 12.1. The van der Waals surface area contributed by atoms with Crippen molar-refractivity contribution in [3.63, 3.8) is 0 Å². The van der Waals surface area contributed by atoms with Crippen LogP contribution in [0.25, 0.3) is 0 Å². The molecule has 6 nitrogen and oxygen atoms in total. The monoisotopic (exact) mass is 266 g/mol. The summed E-state index contributed by atoms with van der Waals surface area (Å²) in [6, 6.07) is 2.94. The zero-order valence-electron chi connectivity index (χ0n) is 10.9. The highest BCUT2D eigenvalue weighted by Crippen LogP contribution is 2.19. The van der Waals surface area contributed by atoms with Crippen LogP contribution in [0.4, 0.5) is 0 Å². The SMILES string of the molecule is CC1(C(=O)NCc2ccc(C(=O)O)o2)CCCCN1. The summed E-state index contributed by atoms with van der Waals surface area (Å²) in [5, 5.41) is 14.7. The van der Waals surface area contributed by atoms with E-state index in [9.17, 15) is 9.59 Å². The third-order valence-electron chi connectivity index (χ3n) is 3.42. The second-order valence-corrected chi connectivity index (χ2v) is 4.97. The molecule has 0 radical (unpaired) electrons. The molecule has 2 heterocycles. The topological polar surface area (TPSA) is 91.6 Å². The molecule has 0 aliphatic carbocycles. The lowest BCUT2D eigenvalue weighted by molar-refractivity contribution is -0.128. The number of aromatic carboxylic acids is 1. The third kappa shape index (κ3) is 3.14. The van der Waals surface area contributed by atoms with Crippen LogP contribution in [0.5, 0.6) is 0 Å². The van der Waals surface area contributed by atoms with E-state index in [0.29, 0.717) is 5.76 Å². The van der Waals surface area contributed by atoms with Crippen LogP contribution in [-0.2, 0) is 11.3 Å². The number of carbonyl (C=O) groups is 2. The fourth-order valence-corrected chi connectivity index (χ4v) is 2.20. The lowest BCUT2D eigenvalue weighted by Crippen LogP contribution is -2.56. The number of carbonyl (C=O) groups excluding carboxylic acids is 1. The zero-order valence-corrected chi connectivity index (χ0v) is 10.9. The van der Waals surface area contributed by atoms with E-state index in [4.69, 9.17) is 9.52 Å². The summed E-state index contributed by atoms with van der Waals surface area (Å²) >= 11 is 0. The molecular weight excluding hydrogens is 248 g/mol. The van der Waals surface area contributed by atoms with Crippen molar-refractivity contribution in [2.75, 3.05) is 6.54 Å². The Kier molecular flexibility index (Phi) is 3.90. The van der Waals surface area contributed by atoms with Gasteiger partial charge in [0.15, 0.2) is 0 Å². The molecule has 1 aromatic heterocycles. The first-order chi connectivity index (χ1) is 9.01. The first-order valence-electron chi connectivity index (χ1n) is 6.37. The van der Waals surface area contributed by atoms with E-state index in [0.717, 1.165) is 25.8 Å². The van der Waals surface area contributed by atoms with Gasteiger partial charge >= 0.3 is 5.97 Å². The molecule has 1 saturated heterocycles. The summed E-state index contributed by atoms with van der Waals surface area (Å²) in [5.41, 5.74) is -0.541. The molecule has 1 fully saturated rings. The predicted octanol–water partition coefficient (Wildman–Crippen LogP) is 1.13. The Morgan fingerprint density at radius 2 is 2.26 bits per heavy atom. The summed E-state index contributed by atoms with van der Waals surface area (Å²) in [6.45, 7) is 2.92. The molecule has 1 amide bonds. The quantitative estimate of drug-likeness (QED) is 0.759. The van der Waals surface area contributed by atoms with E-state index in [1.807, 2.05) is 6.92 Å². The standard InChI is InChI=1S/C13H18N2O4/c1-13(6-2-3-7-15-13)12(18)14-8-9-4-5-10(19-9)11(16)17/h4-5,15H,2-3,6-8H2,1H3,(H,14,18)(H,16,17). The van der Waals surface area contributed by atoms with Crippen molar-refractivity contribution in [1.82, 2.24) is 10.6 Å². The Hall–Kier alpha value is -1.82. The van der Waals surface area contributed by atoms with Gasteiger partial charge in [-0.25, -0.2) is 4.79 Å². The number of carboxylic acid groups (broad SMARTS) is 1. The van der Waals surface area contributed by atoms with Crippen LogP contribution in [0.3, 0.4) is 0 Å². The van der Waals surface area contributed by atoms with Gasteiger partial charge < -0.3 is 20.2 Å². The maximum Gasteiger partial charge on any atom is 0.371 e. The fraction of sp³-hybridized carbons (Fsp3) is 0.538. The molecule has 0 spiro atoms. The van der Waals surface area contributed by atoms with Crippen LogP contribution in [0.2, 0.25) is 0 Å². The van der Waals surface area contributed by atoms with E-state index < -0.39 is 11.5 Å². The van der Waals surface area contributed by atoms with Crippen molar-refractivity contribution < 1.29 is 19.1 Å². The highest BCUT2D eigenvalue weighted by molar-refractivity contribution is 5.86. The largest absolute Gasteiger partial charge is 0.475 e. The third-order valence-corrected chi connectivity index (χ3v) is 3.42. The second kappa shape index (κ2) is 5.44. The molecule has 1 unspecified atom stereocenters. The number of carboxylic acids is 1. The highest BCUT2D eigenvalue weighted by atomic mass is 16.4. The average molecular weight is 266 g/mol. The van der Waals surface area contributed by atoms with Crippen LogP contribution in [0.15, 0.2) is 16.5 Å². The molecule has 6 heteroatoms. The lowest BCUT2D eigenvalue weighted by Gasteiger charge is -2.33. The minimum absolute atomic E-state index is 0.0829. The Balaban J connectivity index is 1.90. The van der Waals surface area contributed by atoms with Gasteiger partial charge in [0.05, 0.1) is 12.1 Å². The molecule has 19 heavy (non-hydrogen) atoms. The van der Waals surface area contributed by atoms with Crippen LogP contribution >= 0.6 is 0 Å². The molecule has 1 aliphatic rings. The summed E-state index contributed by atoms with van der Waals surface area (Å²) in [5.74, 6) is -0.879. The molecule has 1 atom stereocenters. The number of hydrogen-bond acceptors (Lipinski definition) is 4. The first kappa shape index (κ1) is 13.6. The van der Waals surface area contributed by atoms with Gasteiger partial charge in [-0.05, 0) is 44.9 Å². The van der Waals surface area contributed by atoms with Crippen molar-refractivity contribution in [1.29, 1.82) is 0 Å². The van der Waals surface area contributed by atoms with Gasteiger partial charge in [0.25, 0.3) is 0 Å². The van der Waals surface area contributed by atoms with Crippen LogP contribution in [-0.4, -0.2) is 29.1 Å². The number of piperidine rings is 1. The summed E-state index contributed by atoms with van der Waals surface area (Å²) in [7, 11) is 0. The highest BCUT2D eigenvalue weighted by Gasteiger charge is 2.33. The Morgan fingerprint density at radius 3 is 2.84 bits per heavy atom. The predicted molar refractivity (Wildman–Crippen MR) is 67.8 cm³/mol. The maximum atomic E-state index is 12.1. The number of nitrogens with one attached hydrogen (secondary N) is 2. The van der Waals surface area contributed by atoms with E-state index >= 15 is 0 Å². The van der Waals surface area contributed by atoms with Crippen molar-refractivity contribution in [2.45, 2.75) is 38.3 Å². The molecule has 0 bridgehead atoms. The molecule has 104 valence electrons.